The molecule has 2 heterocycles. The number of amides is 4. The second kappa shape index (κ2) is 20.7. The molecule has 0 aromatic carbocycles. The van der Waals surface area contributed by atoms with Gasteiger partial charge in [0, 0.05) is 53.0 Å². The lowest BCUT2D eigenvalue weighted by atomic mass is 9.97. The molecule has 0 saturated carbocycles. The molecule has 5 unspecified atom stereocenters. The molecule has 10 N–H and O–H groups in total. The molecule has 10 atom stereocenters. The van der Waals surface area contributed by atoms with Crippen LogP contribution in [-0.4, -0.2) is 155 Å². The highest BCUT2D eigenvalue weighted by Gasteiger charge is 2.46. The van der Waals surface area contributed by atoms with E-state index in [-0.39, 0.29) is 51.0 Å². The normalized spacial score (nSPS) is 31.1. The van der Waals surface area contributed by atoms with Crippen LogP contribution in [0.1, 0.15) is 52.4 Å². The minimum atomic E-state index is -1.40. The summed E-state index contributed by atoms with van der Waals surface area (Å²) in [6.07, 6.45) is -7.74. The molecule has 46 heavy (non-hydrogen) atoms. The van der Waals surface area contributed by atoms with Crippen molar-refractivity contribution in [2.75, 3.05) is 39.5 Å². The van der Waals surface area contributed by atoms with E-state index in [0.29, 0.717) is 25.7 Å². The highest BCUT2D eigenvalue weighted by molar-refractivity contribution is 5.77. The van der Waals surface area contributed by atoms with Gasteiger partial charge in [-0.05, 0) is 25.7 Å². The number of carbonyl (C=O) groups is 4. The molecule has 0 aromatic heterocycles. The summed E-state index contributed by atoms with van der Waals surface area (Å²) in [5.74, 6) is -1.36. The highest BCUT2D eigenvalue weighted by Crippen LogP contribution is 2.23. The Kier molecular flexibility index (Phi) is 17.8. The van der Waals surface area contributed by atoms with Crippen molar-refractivity contribution in [1.82, 2.24) is 21.3 Å². The van der Waals surface area contributed by atoms with Crippen molar-refractivity contribution in [3.63, 3.8) is 0 Å². The van der Waals surface area contributed by atoms with E-state index in [1.807, 2.05) is 0 Å². The van der Waals surface area contributed by atoms with Crippen molar-refractivity contribution in [3.05, 3.63) is 0 Å². The van der Waals surface area contributed by atoms with Gasteiger partial charge in [-0.2, -0.15) is 0 Å². The van der Waals surface area contributed by atoms with Crippen LogP contribution >= 0.6 is 0 Å². The number of nitrogens with one attached hydrogen (secondary N) is 4. The Hall–Kier alpha value is -2.52. The van der Waals surface area contributed by atoms with Crippen LogP contribution in [0.15, 0.2) is 0 Å². The summed E-state index contributed by atoms with van der Waals surface area (Å²) in [6.45, 7) is 2.11. The molecule has 18 nitrogen and oxygen atoms in total. The minimum Gasteiger partial charge on any atom is -0.394 e. The van der Waals surface area contributed by atoms with E-state index < -0.39 is 86.3 Å². The number of rotatable bonds is 19. The van der Waals surface area contributed by atoms with Crippen molar-refractivity contribution >= 4 is 23.6 Å². The summed E-state index contributed by atoms with van der Waals surface area (Å²) >= 11 is 0. The Morgan fingerprint density at radius 1 is 0.609 bits per heavy atom. The molecule has 0 aromatic rings. The number of aliphatic hydroxyl groups excluding tert-OH is 6. The average molecular weight is 667 g/mol. The molecule has 2 saturated heterocycles. The van der Waals surface area contributed by atoms with Gasteiger partial charge in [0.1, 0.15) is 48.7 Å². The number of hydrogen-bond donors (Lipinski definition) is 10. The zero-order chi connectivity index (χ0) is 34.2. The number of aliphatic hydroxyl groups is 6. The van der Waals surface area contributed by atoms with Gasteiger partial charge in [-0.1, -0.05) is 0 Å². The van der Waals surface area contributed by atoms with Crippen LogP contribution in [-0.2, 0) is 38.1 Å². The van der Waals surface area contributed by atoms with Crippen LogP contribution < -0.4 is 21.3 Å². The zero-order valence-electron chi connectivity index (χ0n) is 26.2. The fourth-order valence-corrected chi connectivity index (χ4v) is 4.98. The monoisotopic (exact) mass is 666 g/mol. The van der Waals surface area contributed by atoms with Gasteiger partial charge in [0.15, 0.2) is 12.6 Å². The number of unbranched alkanes of at least 4 members (excludes halogenated alkanes) is 2. The lowest BCUT2D eigenvalue weighted by Crippen LogP contribution is -2.64. The lowest BCUT2D eigenvalue weighted by molar-refractivity contribution is -0.270. The van der Waals surface area contributed by atoms with Crippen LogP contribution in [0.2, 0.25) is 0 Å². The highest BCUT2D eigenvalue weighted by atomic mass is 16.7. The molecule has 2 fully saturated rings. The Morgan fingerprint density at radius 2 is 0.978 bits per heavy atom. The molecule has 2 rings (SSSR count). The lowest BCUT2D eigenvalue weighted by Gasteiger charge is -2.42. The first-order valence-electron chi connectivity index (χ1n) is 15.4. The summed E-state index contributed by atoms with van der Waals surface area (Å²) in [4.78, 5) is 47.2. The smallest absolute Gasteiger partial charge is 0.220 e. The third kappa shape index (κ3) is 12.9. The van der Waals surface area contributed by atoms with Gasteiger partial charge >= 0.3 is 0 Å². The Morgan fingerprint density at radius 3 is 1.30 bits per heavy atom. The summed E-state index contributed by atoms with van der Waals surface area (Å²) in [5.41, 5.74) is 0. The maximum atomic E-state index is 12.1. The van der Waals surface area contributed by atoms with Crippen LogP contribution in [0, 0.1) is 0 Å². The predicted molar refractivity (Wildman–Crippen MR) is 156 cm³/mol. The second-order valence-electron chi connectivity index (χ2n) is 11.2. The van der Waals surface area contributed by atoms with Crippen LogP contribution in [0.3, 0.4) is 0 Å². The van der Waals surface area contributed by atoms with Gasteiger partial charge in [0.2, 0.25) is 23.6 Å². The second-order valence-corrected chi connectivity index (χ2v) is 11.2. The number of hydrogen-bond acceptors (Lipinski definition) is 14. The van der Waals surface area contributed by atoms with Crippen LogP contribution in [0.5, 0.6) is 0 Å². The molecule has 0 bridgehead atoms. The average Bonchev–Trinajstić information content (AvgIpc) is 3.01. The number of ether oxygens (including phenoxy) is 4. The largest absolute Gasteiger partial charge is 0.394 e. The third-order valence-electron chi connectivity index (χ3n) is 7.43. The van der Waals surface area contributed by atoms with Crippen LogP contribution in [0.4, 0.5) is 0 Å². The molecular weight excluding hydrogens is 616 g/mol. The zero-order valence-corrected chi connectivity index (χ0v) is 26.2. The molecule has 266 valence electrons. The van der Waals surface area contributed by atoms with E-state index >= 15 is 0 Å². The predicted octanol–water partition coefficient (Wildman–Crippen LogP) is -4.52. The standard InChI is InChI=1S/C28H50N4O14/c1-15(35)31-21-25(41)23(39)17(13-33)45-27(21)43-11-5-3-7-19(37)29-9-10-30-20(38)8-4-6-12-44-28-22(32-16(2)36)26(42)24(40)18(14-34)46-28/h17-18,21-28,33-34,39-42H,3-14H2,1-2H3,(H,29,37)(H,30,38)(H,31,35)(H,32,36)/t17?,18?,21-,22?,23-,24-,25?,26?,27+,28+/m0/s1. The van der Waals surface area contributed by atoms with Crippen molar-refractivity contribution in [1.29, 1.82) is 0 Å². The van der Waals surface area contributed by atoms with Gasteiger partial charge < -0.3 is 70.9 Å². The fourth-order valence-electron chi connectivity index (χ4n) is 4.98. The summed E-state index contributed by atoms with van der Waals surface area (Å²) < 4.78 is 22.2. The van der Waals surface area contributed by atoms with E-state index in [9.17, 15) is 49.8 Å². The maximum Gasteiger partial charge on any atom is 0.220 e. The van der Waals surface area contributed by atoms with Crippen molar-refractivity contribution < 1.29 is 68.8 Å². The van der Waals surface area contributed by atoms with Gasteiger partial charge in [-0.3, -0.25) is 19.2 Å². The molecular formula is C28H50N4O14. The summed E-state index contributed by atoms with van der Waals surface area (Å²) in [6, 6.07) is -2.07. The van der Waals surface area contributed by atoms with Crippen LogP contribution in [0.25, 0.3) is 0 Å². The molecule has 2 aliphatic heterocycles. The molecule has 2 aliphatic rings. The third-order valence-corrected chi connectivity index (χ3v) is 7.43. The minimum absolute atomic E-state index is 0.133. The fraction of sp³-hybridized carbons (Fsp3) is 0.857. The van der Waals surface area contributed by atoms with Crippen molar-refractivity contribution in [2.45, 2.75) is 114 Å². The van der Waals surface area contributed by atoms with E-state index in [1.165, 1.54) is 13.8 Å². The molecule has 0 spiro atoms. The van der Waals surface area contributed by atoms with E-state index in [4.69, 9.17) is 18.9 Å². The van der Waals surface area contributed by atoms with Gasteiger partial charge in [-0.15, -0.1) is 0 Å². The van der Waals surface area contributed by atoms with Crippen molar-refractivity contribution in [3.8, 4) is 0 Å². The molecule has 0 aliphatic carbocycles. The Balaban J connectivity index is 1.55. The molecule has 18 heteroatoms. The first-order valence-corrected chi connectivity index (χ1v) is 15.4. The van der Waals surface area contributed by atoms with Gasteiger partial charge in [0.05, 0.1) is 13.2 Å². The quantitative estimate of drug-likeness (QED) is 0.0582. The Bertz CT molecular complexity index is 887. The first kappa shape index (κ1) is 39.7. The maximum absolute atomic E-state index is 12.1. The van der Waals surface area contributed by atoms with E-state index in [1.54, 1.807) is 0 Å². The van der Waals surface area contributed by atoms with Gasteiger partial charge in [-0.25, -0.2) is 0 Å². The summed E-state index contributed by atoms with van der Waals surface area (Å²) in [5, 5.41) is 69.7. The number of carbonyl (C=O) groups excluding carboxylic acids is 4. The van der Waals surface area contributed by atoms with Crippen molar-refractivity contribution in [2.24, 2.45) is 0 Å². The topological polar surface area (TPSA) is 275 Å². The van der Waals surface area contributed by atoms with E-state index in [0.717, 1.165) is 0 Å². The SMILES string of the molecule is CC(=O)NC1C(O)[C@@H](O)C(CO)O[C@H]1OCCCCC(=O)NCCNC(=O)CCCCO[C@@H]1OC(CO)[C@H](O)C(O)[C@@H]1NC(C)=O. The van der Waals surface area contributed by atoms with E-state index in [2.05, 4.69) is 21.3 Å². The Labute approximate surface area is 267 Å². The first-order chi connectivity index (χ1) is 21.9. The molecule has 4 amide bonds. The summed E-state index contributed by atoms with van der Waals surface area (Å²) in [7, 11) is 0. The molecule has 0 radical (unpaired) electrons. The van der Waals surface area contributed by atoms with Gasteiger partial charge in [0.25, 0.3) is 0 Å².